The van der Waals surface area contributed by atoms with Gasteiger partial charge in [-0.3, -0.25) is 4.79 Å². The lowest BCUT2D eigenvalue weighted by Gasteiger charge is -2.09. The van der Waals surface area contributed by atoms with Crippen LogP contribution in [-0.2, 0) is 11.3 Å². The summed E-state index contributed by atoms with van der Waals surface area (Å²) in [6.07, 6.45) is 2.28. The Morgan fingerprint density at radius 3 is 2.90 bits per heavy atom. The molecule has 0 amide bonds. The molecule has 0 spiro atoms. The highest BCUT2D eigenvalue weighted by Gasteiger charge is 2.26. The monoisotopic (exact) mass is 304 g/mol. The standard InChI is InChI=1S/C14H16N4O2S/c19-13(20)8-16-14-17-11(9-3-4-9)6-12(18-14)15-7-10-2-1-5-21-10/h1-2,5-6,9H,3-4,7-8H2,(H,19,20)(H2,15,16,17,18). The molecule has 3 rings (SSSR count). The molecule has 3 N–H and O–H groups in total. The van der Waals surface area contributed by atoms with Gasteiger partial charge in [-0.05, 0) is 24.3 Å². The molecule has 0 aromatic carbocycles. The van der Waals surface area contributed by atoms with Gasteiger partial charge in [0.1, 0.15) is 12.4 Å². The first-order valence-corrected chi connectivity index (χ1v) is 7.69. The number of rotatable bonds is 7. The number of thiophene rings is 1. The highest BCUT2D eigenvalue weighted by molar-refractivity contribution is 7.09. The summed E-state index contributed by atoms with van der Waals surface area (Å²) in [6, 6.07) is 6.03. The van der Waals surface area contributed by atoms with E-state index in [1.165, 1.54) is 4.88 Å². The van der Waals surface area contributed by atoms with Crippen molar-refractivity contribution in [3.8, 4) is 0 Å². The quantitative estimate of drug-likeness (QED) is 0.728. The topological polar surface area (TPSA) is 87.1 Å². The van der Waals surface area contributed by atoms with Crippen LogP contribution in [-0.4, -0.2) is 27.6 Å². The van der Waals surface area contributed by atoms with Gasteiger partial charge in [-0.2, -0.15) is 4.98 Å². The fourth-order valence-electron chi connectivity index (χ4n) is 1.97. The van der Waals surface area contributed by atoms with Gasteiger partial charge in [0.2, 0.25) is 5.95 Å². The Balaban J connectivity index is 1.72. The van der Waals surface area contributed by atoms with E-state index in [0.717, 1.165) is 24.4 Å². The largest absolute Gasteiger partial charge is 0.480 e. The van der Waals surface area contributed by atoms with Crippen LogP contribution < -0.4 is 10.6 Å². The minimum Gasteiger partial charge on any atom is -0.480 e. The summed E-state index contributed by atoms with van der Waals surface area (Å²) in [4.78, 5) is 20.6. The van der Waals surface area contributed by atoms with E-state index in [9.17, 15) is 4.79 Å². The lowest BCUT2D eigenvalue weighted by molar-refractivity contribution is -0.134. The predicted molar refractivity (Wildman–Crippen MR) is 81.8 cm³/mol. The minimum absolute atomic E-state index is 0.182. The second-order valence-electron chi connectivity index (χ2n) is 4.96. The summed E-state index contributed by atoms with van der Waals surface area (Å²) in [5.41, 5.74) is 0.978. The molecule has 0 bridgehead atoms. The Labute approximate surface area is 126 Å². The van der Waals surface area contributed by atoms with Crippen molar-refractivity contribution >= 4 is 29.1 Å². The van der Waals surface area contributed by atoms with Crippen LogP contribution >= 0.6 is 11.3 Å². The molecule has 2 aromatic rings. The maximum atomic E-state index is 10.6. The third-order valence-corrected chi connectivity index (χ3v) is 4.04. The van der Waals surface area contributed by atoms with E-state index in [1.54, 1.807) is 11.3 Å². The van der Waals surface area contributed by atoms with Crippen LogP contribution in [0.25, 0.3) is 0 Å². The van der Waals surface area contributed by atoms with Gasteiger partial charge in [-0.15, -0.1) is 11.3 Å². The van der Waals surface area contributed by atoms with Gasteiger partial charge in [0, 0.05) is 16.9 Å². The number of hydrogen-bond acceptors (Lipinski definition) is 6. The maximum absolute atomic E-state index is 10.6. The molecule has 6 nitrogen and oxygen atoms in total. The van der Waals surface area contributed by atoms with Crippen LogP contribution in [0.4, 0.5) is 11.8 Å². The Hall–Kier alpha value is -2.15. The average Bonchev–Trinajstić information content (AvgIpc) is 3.20. The third kappa shape index (κ3) is 3.91. The Morgan fingerprint density at radius 1 is 1.38 bits per heavy atom. The minimum atomic E-state index is -0.927. The van der Waals surface area contributed by atoms with E-state index in [-0.39, 0.29) is 6.54 Å². The Kier molecular flexibility index (Phi) is 4.01. The first-order valence-electron chi connectivity index (χ1n) is 6.81. The van der Waals surface area contributed by atoms with E-state index in [1.807, 2.05) is 17.5 Å². The van der Waals surface area contributed by atoms with Crippen molar-refractivity contribution in [1.29, 1.82) is 0 Å². The summed E-state index contributed by atoms with van der Waals surface area (Å²) in [5.74, 6) is 0.660. The van der Waals surface area contributed by atoms with E-state index in [0.29, 0.717) is 18.4 Å². The summed E-state index contributed by atoms with van der Waals surface area (Å²) < 4.78 is 0. The molecular formula is C14H16N4O2S. The molecule has 0 unspecified atom stereocenters. The zero-order valence-electron chi connectivity index (χ0n) is 11.4. The molecule has 2 heterocycles. The molecule has 110 valence electrons. The summed E-state index contributed by atoms with van der Waals surface area (Å²) in [7, 11) is 0. The van der Waals surface area contributed by atoms with E-state index in [2.05, 4.69) is 26.7 Å². The van der Waals surface area contributed by atoms with Crippen molar-refractivity contribution in [3.05, 3.63) is 34.2 Å². The predicted octanol–water partition coefficient (Wildman–Crippen LogP) is 2.52. The number of carboxylic acids is 1. The van der Waals surface area contributed by atoms with Crippen LogP contribution in [0.1, 0.15) is 29.3 Å². The van der Waals surface area contributed by atoms with Gasteiger partial charge in [0.15, 0.2) is 0 Å². The molecule has 2 aromatic heterocycles. The second kappa shape index (κ2) is 6.09. The van der Waals surface area contributed by atoms with Crippen LogP contribution in [0, 0.1) is 0 Å². The third-order valence-electron chi connectivity index (χ3n) is 3.16. The fraction of sp³-hybridized carbons (Fsp3) is 0.357. The van der Waals surface area contributed by atoms with E-state index >= 15 is 0 Å². The fourth-order valence-corrected chi connectivity index (χ4v) is 2.61. The van der Waals surface area contributed by atoms with Crippen LogP contribution in [0.15, 0.2) is 23.6 Å². The first kappa shape index (κ1) is 13.8. The number of hydrogen-bond donors (Lipinski definition) is 3. The van der Waals surface area contributed by atoms with Crippen molar-refractivity contribution in [2.24, 2.45) is 0 Å². The van der Waals surface area contributed by atoms with Crippen molar-refractivity contribution in [1.82, 2.24) is 9.97 Å². The molecular weight excluding hydrogens is 288 g/mol. The highest BCUT2D eigenvalue weighted by Crippen LogP contribution is 2.39. The highest BCUT2D eigenvalue weighted by atomic mass is 32.1. The first-order chi connectivity index (χ1) is 10.2. The lowest BCUT2D eigenvalue weighted by Crippen LogP contribution is -2.15. The normalized spacial score (nSPS) is 13.9. The number of anilines is 2. The molecule has 21 heavy (non-hydrogen) atoms. The molecule has 0 aliphatic heterocycles. The summed E-state index contributed by atoms with van der Waals surface area (Å²) in [5, 5.41) is 16.8. The molecule has 0 radical (unpaired) electrons. The number of aromatic nitrogens is 2. The van der Waals surface area contributed by atoms with Crippen molar-refractivity contribution in [3.63, 3.8) is 0 Å². The Morgan fingerprint density at radius 2 is 2.24 bits per heavy atom. The lowest BCUT2D eigenvalue weighted by atomic mass is 10.3. The maximum Gasteiger partial charge on any atom is 0.322 e. The van der Waals surface area contributed by atoms with E-state index < -0.39 is 5.97 Å². The van der Waals surface area contributed by atoms with E-state index in [4.69, 9.17) is 5.11 Å². The number of carboxylic acid groups (broad SMARTS) is 1. The SMILES string of the molecule is O=C(O)CNc1nc(NCc2cccs2)cc(C2CC2)n1. The Bertz CT molecular complexity index is 626. The smallest absolute Gasteiger partial charge is 0.322 e. The van der Waals surface area contributed by atoms with Gasteiger partial charge in [-0.25, -0.2) is 4.98 Å². The molecule has 1 fully saturated rings. The number of nitrogens with zero attached hydrogens (tertiary/aromatic N) is 2. The molecule has 0 saturated heterocycles. The number of aliphatic carboxylic acids is 1. The molecule has 1 aliphatic rings. The van der Waals surface area contributed by atoms with Crippen molar-refractivity contribution < 1.29 is 9.90 Å². The van der Waals surface area contributed by atoms with Crippen molar-refractivity contribution in [2.45, 2.75) is 25.3 Å². The van der Waals surface area contributed by atoms with Crippen molar-refractivity contribution in [2.75, 3.05) is 17.2 Å². The average molecular weight is 304 g/mol. The van der Waals surface area contributed by atoms with Crippen LogP contribution in [0.3, 0.4) is 0 Å². The number of nitrogens with one attached hydrogen (secondary N) is 2. The van der Waals surface area contributed by atoms with Crippen LogP contribution in [0.5, 0.6) is 0 Å². The molecule has 1 saturated carbocycles. The van der Waals surface area contributed by atoms with Gasteiger partial charge in [-0.1, -0.05) is 6.07 Å². The zero-order chi connectivity index (χ0) is 14.7. The van der Waals surface area contributed by atoms with Gasteiger partial charge >= 0.3 is 5.97 Å². The van der Waals surface area contributed by atoms with Gasteiger partial charge in [0.25, 0.3) is 0 Å². The summed E-state index contributed by atoms with van der Waals surface area (Å²) in [6.45, 7) is 0.523. The summed E-state index contributed by atoms with van der Waals surface area (Å²) >= 11 is 1.68. The van der Waals surface area contributed by atoms with Crippen LogP contribution in [0.2, 0.25) is 0 Å². The second-order valence-corrected chi connectivity index (χ2v) is 5.99. The zero-order valence-corrected chi connectivity index (χ0v) is 12.2. The molecule has 0 atom stereocenters. The molecule has 1 aliphatic carbocycles. The number of carbonyl (C=O) groups is 1. The van der Waals surface area contributed by atoms with Gasteiger partial charge in [0.05, 0.1) is 12.2 Å². The molecule has 7 heteroatoms. The van der Waals surface area contributed by atoms with Gasteiger partial charge < -0.3 is 15.7 Å².